The van der Waals surface area contributed by atoms with Gasteiger partial charge in [-0.05, 0) is 50.6 Å². The van der Waals surface area contributed by atoms with E-state index in [1.807, 2.05) is 63.0 Å². The van der Waals surface area contributed by atoms with Crippen LogP contribution in [0.25, 0.3) is 16.6 Å². The van der Waals surface area contributed by atoms with Crippen molar-refractivity contribution in [2.45, 2.75) is 39.3 Å². The lowest BCUT2D eigenvalue weighted by Gasteiger charge is -2.23. The van der Waals surface area contributed by atoms with Crippen LogP contribution in [0.5, 0.6) is 5.75 Å². The molecule has 0 bridgehead atoms. The number of fused-ring (bicyclic) bond motifs is 1. The van der Waals surface area contributed by atoms with Crippen molar-refractivity contribution in [3.8, 4) is 5.75 Å². The maximum atomic E-state index is 9.55. The van der Waals surface area contributed by atoms with E-state index in [0.717, 1.165) is 46.0 Å². The Labute approximate surface area is 175 Å². The number of nitrogens with one attached hydrogen (secondary N) is 1. The molecule has 8 nitrogen and oxygen atoms in total. The van der Waals surface area contributed by atoms with Crippen LogP contribution in [0.2, 0.25) is 0 Å². The Morgan fingerprint density at radius 2 is 2.10 bits per heavy atom. The number of aliphatic hydroxyl groups is 1. The first-order valence-corrected chi connectivity index (χ1v) is 10.3. The smallest absolute Gasteiger partial charge is 0.157 e. The first kappa shape index (κ1) is 20.2. The van der Waals surface area contributed by atoms with Crippen molar-refractivity contribution in [1.82, 2.24) is 24.9 Å². The molecule has 0 saturated heterocycles. The van der Waals surface area contributed by atoms with E-state index < -0.39 is 0 Å². The summed E-state index contributed by atoms with van der Waals surface area (Å²) in [7, 11) is 2.00. The second-order valence-corrected chi connectivity index (χ2v) is 7.78. The van der Waals surface area contributed by atoms with Crippen LogP contribution in [0, 0.1) is 0 Å². The normalized spacial score (nSPS) is 15.5. The van der Waals surface area contributed by atoms with Crippen LogP contribution in [0.3, 0.4) is 0 Å². The fourth-order valence-corrected chi connectivity index (χ4v) is 3.54. The van der Waals surface area contributed by atoms with Gasteiger partial charge in [-0.15, -0.1) is 0 Å². The van der Waals surface area contributed by atoms with Crippen LogP contribution in [-0.2, 0) is 0 Å². The molecule has 0 radical (unpaired) electrons. The van der Waals surface area contributed by atoms with E-state index in [4.69, 9.17) is 9.73 Å². The molecule has 1 aliphatic heterocycles. The Kier molecular flexibility index (Phi) is 5.59. The first-order valence-electron chi connectivity index (χ1n) is 10.3. The third-order valence-corrected chi connectivity index (χ3v) is 5.19. The maximum Gasteiger partial charge on any atom is 0.157 e. The summed E-state index contributed by atoms with van der Waals surface area (Å²) in [6.07, 6.45) is 4.86. The minimum atomic E-state index is -0.0243. The van der Waals surface area contributed by atoms with Crippen LogP contribution >= 0.6 is 0 Å². The average molecular weight is 409 g/mol. The van der Waals surface area contributed by atoms with E-state index in [2.05, 4.69) is 26.3 Å². The highest BCUT2D eigenvalue weighted by Crippen LogP contribution is 2.27. The number of aliphatic imine (C=N–C) groups is 1. The van der Waals surface area contributed by atoms with Gasteiger partial charge in [0, 0.05) is 25.2 Å². The van der Waals surface area contributed by atoms with Crippen LogP contribution < -0.4 is 4.74 Å². The van der Waals surface area contributed by atoms with Gasteiger partial charge in [0.15, 0.2) is 5.84 Å². The molecule has 0 saturated carbocycles. The number of hydrogen-bond acceptors (Lipinski definition) is 6. The number of hydrogen-bond donors (Lipinski definition) is 2. The number of likely N-dealkylation sites (N-methyl/N-ethyl adjacent to an activating group) is 1. The number of aliphatic hydroxyl groups excluding tert-OH is 1. The molecule has 3 aromatic rings. The van der Waals surface area contributed by atoms with Gasteiger partial charge >= 0.3 is 0 Å². The molecule has 0 fully saturated rings. The summed E-state index contributed by atoms with van der Waals surface area (Å²) in [5.74, 6) is 1.59. The van der Waals surface area contributed by atoms with Gasteiger partial charge in [-0.3, -0.25) is 9.78 Å². The second kappa shape index (κ2) is 8.31. The third-order valence-electron chi connectivity index (χ3n) is 5.19. The lowest BCUT2D eigenvalue weighted by atomic mass is 10.1. The number of rotatable bonds is 7. The summed E-state index contributed by atoms with van der Waals surface area (Å²) in [5.41, 5.74) is 3.32. The highest BCUT2D eigenvalue weighted by molar-refractivity contribution is 6.10. The fourth-order valence-electron chi connectivity index (χ4n) is 3.54. The summed E-state index contributed by atoms with van der Waals surface area (Å²) in [6.45, 7) is 6.82. The quantitative estimate of drug-likeness (QED) is 0.626. The molecule has 0 amide bonds. The lowest BCUT2D eigenvalue weighted by molar-refractivity contribution is 0.214. The van der Waals surface area contributed by atoms with Gasteiger partial charge in [-0.25, -0.2) is 4.99 Å². The summed E-state index contributed by atoms with van der Waals surface area (Å²) >= 11 is 0. The van der Waals surface area contributed by atoms with E-state index in [0.29, 0.717) is 6.54 Å². The molecule has 0 aliphatic carbocycles. The van der Waals surface area contributed by atoms with Crippen molar-refractivity contribution >= 4 is 22.4 Å². The molecule has 3 heterocycles. The number of aromatic nitrogens is 4. The topological polar surface area (TPSA) is 91.6 Å². The summed E-state index contributed by atoms with van der Waals surface area (Å²) in [6, 6.07) is 7.84. The summed E-state index contributed by atoms with van der Waals surface area (Å²) < 4.78 is 7.67. The van der Waals surface area contributed by atoms with Crippen molar-refractivity contribution in [3.63, 3.8) is 0 Å². The van der Waals surface area contributed by atoms with E-state index in [9.17, 15) is 5.11 Å². The molecule has 30 heavy (non-hydrogen) atoms. The molecule has 1 aromatic carbocycles. The predicted octanol–water partition coefficient (Wildman–Crippen LogP) is 3.22. The molecule has 1 atom stereocenters. The van der Waals surface area contributed by atoms with Crippen LogP contribution in [0.15, 0.2) is 41.5 Å². The molecular formula is C22H28N6O2. The Hall–Kier alpha value is -3.13. The Morgan fingerprint density at radius 3 is 2.83 bits per heavy atom. The van der Waals surface area contributed by atoms with Gasteiger partial charge < -0.3 is 14.7 Å². The Bertz CT molecular complexity index is 1090. The van der Waals surface area contributed by atoms with Crippen molar-refractivity contribution in [2.75, 3.05) is 20.2 Å². The number of nitrogens with zero attached hydrogens (tertiary/aromatic N) is 5. The molecule has 1 aliphatic rings. The van der Waals surface area contributed by atoms with E-state index in [1.54, 1.807) is 0 Å². The summed E-state index contributed by atoms with van der Waals surface area (Å²) in [4.78, 5) is 6.95. The van der Waals surface area contributed by atoms with Gasteiger partial charge in [0.1, 0.15) is 17.1 Å². The van der Waals surface area contributed by atoms with E-state index >= 15 is 0 Å². The van der Waals surface area contributed by atoms with Crippen molar-refractivity contribution < 1.29 is 9.84 Å². The van der Waals surface area contributed by atoms with Gasteiger partial charge in [-0.2, -0.15) is 10.2 Å². The average Bonchev–Trinajstić information content (AvgIpc) is 3.36. The molecule has 158 valence electrons. The number of benzene rings is 1. The summed E-state index contributed by atoms with van der Waals surface area (Å²) in [5, 5.41) is 22.8. The van der Waals surface area contributed by atoms with Crippen LogP contribution in [-0.4, -0.2) is 62.1 Å². The van der Waals surface area contributed by atoms with Gasteiger partial charge in [0.25, 0.3) is 0 Å². The van der Waals surface area contributed by atoms with Crippen LogP contribution in [0.4, 0.5) is 0 Å². The van der Waals surface area contributed by atoms with E-state index in [1.165, 1.54) is 0 Å². The monoisotopic (exact) mass is 408 g/mol. The minimum absolute atomic E-state index is 0.0243. The van der Waals surface area contributed by atoms with Crippen molar-refractivity contribution in [3.05, 3.63) is 47.9 Å². The van der Waals surface area contributed by atoms with E-state index in [-0.39, 0.29) is 18.8 Å². The molecular weight excluding hydrogens is 380 g/mol. The predicted molar refractivity (Wildman–Crippen MR) is 118 cm³/mol. The molecule has 2 aromatic heterocycles. The standard InChI is InChI=1S/C22H28N6O2/c1-5-15(13-29)28-11-9-20(26-28)19-8-10-27(4)22(23-19)21-17-12-16(30-14(2)3)6-7-18(17)24-25-21/h6-9,11-12,14-15,29H,5,10,13H2,1-4H3,(H,24,25). The van der Waals surface area contributed by atoms with Gasteiger partial charge in [0.05, 0.1) is 30.0 Å². The number of ether oxygens (including phenoxy) is 1. The lowest BCUT2D eigenvalue weighted by Crippen LogP contribution is -2.31. The molecule has 1 unspecified atom stereocenters. The largest absolute Gasteiger partial charge is 0.491 e. The van der Waals surface area contributed by atoms with Crippen molar-refractivity contribution in [2.24, 2.45) is 4.99 Å². The van der Waals surface area contributed by atoms with Gasteiger partial charge in [0.2, 0.25) is 0 Å². The number of aromatic amines is 1. The Morgan fingerprint density at radius 1 is 1.27 bits per heavy atom. The first-order chi connectivity index (χ1) is 14.5. The minimum Gasteiger partial charge on any atom is -0.491 e. The molecule has 0 spiro atoms. The zero-order valence-electron chi connectivity index (χ0n) is 17.8. The second-order valence-electron chi connectivity index (χ2n) is 7.78. The molecule has 4 rings (SSSR count). The SMILES string of the molecule is CCC(CO)n1ccc(C2=CCN(C)C(c3n[nH]c4ccc(OC(C)C)cc34)=N2)n1. The zero-order valence-corrected chi connectivity index (χ0v) is 17.8. The number of amidine groups is 1. The fraction of sp³-hybridized carbons (Fsp3) is 0.409. The third kappa shape index (κ3) is 3.82. The zero-order chi connectivity index (χ0) is 21.3. The van der Waals surface area contributed by atoms with Crippen LogP contribution in [0.1, 0.15) is 44.6 Å². The number of H-pyrrole nitrogens is 1. The van der Waals surface area contributed by atoms with Gasteiger partial charge in [-0.1, -0.05) is 6.92 Å². The highest BCUT2D eigenvalue weighted by atomic mass is 16.5. The molecule has 2 N–H and O–H groups in total. The van der Waals surface area contributed by atoms with Crippen molar-refractivity contribution in [1.29, 1.82) is 0 Å². The maximum absolute atomic E-state index is 9.55. The highest BCUT2D eigenvalue weighted by Gasteiger charge is 2.22. The molecule has 8 heteroatoms. The Balaban J connectivity index is 1.70.